The van der Waals surface area contributed by atoms with Crippen LogP contribution >= 0.6 is 0 Å². The molecule has 0 atom stereocenters. The van der Waals surface area contributed by atoms with Gasteiger partial charge in [0.25, 0.3) is 0 Å². The van der Waals surface area contributed by atoms with E-state index in [1.165, 1.54) is 11.1 Å². The molecule has 1 N–H and O–H groups in total. The van der Waals surface area contributed by atoms with Gasteiger partial charge in [0.1, 0.15) is 0 Å². The smallest absolute Gasteiger partial charge is 0.321 e. The summed E-state index contributed by atoms with van der Waals surface area (Å²) in [4.78, 5) is 13.2. The summed E-state index contributed by atoms with van der Waals surface area (Å²) >= 11 is 0. The Morgan fingerprint density at radius 2 is 2.00 bits per heavy atom. The van der Waals surface area contributed by atoms with E-state index in [2.05, 4.69) is 12.2 Å². The molecule has 1 rings (SSSR count). The first kappa shape index (κ1) is 11.6. The van der Waals surface area contributed by atoms with Gasteiger partial charge in [-0.2, -0.15) is 0 Å². The molecule has 0 aliphatic heterocycles. The first-order valence-corrected chi connectivity index (χ1v) is 5.14. The SMILES string of the molecule is CCN(C)C(=O)Nc1ccc(C)c(C)c1. The first-order valence-electron chi connectivity index (χ1n) is 5.14. The van der Waals surface area contributed by atoms with Gasteiger partial charge in [0.15, 0.2) is 0 Å². The standard InChI is InChI=1S/C12H18N2O/c1-5-14(4)12(15)13-11-7-6-9(2)10(3)8-11/h6-8H,5H2,1-4H3,(H,13,15). The van der Waals surface area contributed by atoms with Crippen molar-refractivity contribution in [3.8, 4) is 0 Å². The number of carbonyl (C=O) groups is 1. The van der Waals surface area contributed by atoms with Gasteiger partial charge in [0.05, 0.1) is 0 Å². The van der Waals surface area contributed by atoms with Crippen LogP contribution in [0.15, 0.2) is 18.2 Å². The minimum absolute atomic E-state index is 0.0687. The summed E-state index contributed by atoms with van der Waals surface area (Å²) in [7, 11) is 1.77. The monoisotopic (exact) mass is 206 g/mol. The Morgan fingerprint density at radius 1 is 1.33 bits per heavy atom. The molecule has 0 aromatic heterocycles. The van der Waals surface area contributed by atoms with E-state index >= 15 is 0 Å². The maximum Gasteiger partial charge on any atom is 0.321 e. The van der Waals surface area contributed by atoms with Crippen LogP contribution in [0.3, 0.4) is 0 Å². The number of nitrogens with one attached hydrogen (secondary N) is 1. The Morgan fingerprint density at radius 3 is 2.53 bits per heavy atom. The minimum atomic E-state index is -0.0687. The highest BCUT2D eigenvalue weighted by atomic mass is 16.2. The van der Waals surface area contributed by atoms with E-state index in [1.54, 1.807) is 11.9 Å². The summed E-state index contributed by atoms with van der Waals surface area (Å²) in [5.41, 5.74) is 3.27. The first-order chi connectivity index (χ1) is 7.04. The Kier molecular flexibility index (Phi) is 3.72. The fraction of sp³-hybridized carbons (Fsp3) is 0.417. The number of anilines is 1. The molecular formula is C12H18N2O. The van der Waals surface area contributed by atoms with Crippen LogP contribution in [-0.2, 0) is 0 Å². The maximum atomic E-state index is 11.6. The van der Waals surface area contributed by atoms with Crippen molar-refractivity contribution in [3.05, 3.63) is 29.3 Å². The number of benzene rings is 1. The third kappa shape index (κ3) is 2.98. The second-order valence-electron chi connectivity index (χ2n) is 3.74. The highest BCUT2D eigenvalue weighted by Crippen LogP contribution is 2.14. The van der Waals surface area contributed by atoms with Crippen molar-refractivity contribution < 1.29 is 4.79 Å². The summed E-state index contributed by atoms with van der Waals surface area (Å²) in [6.07, 6.45) is 0. The van der Waals surface area contributed by atoms with Gasteiger partial charge >= 0.3 is 6.03 Å². The van der Waals surface area contributed by atoms with Crippen LogP contribution in [0, 0.1) is 13.8 Å². The van der Waals surface area contributed by atoms with Crippen molar-refractivity contribution in [1.82, 2.24) is 4.90 Å². The van der Waals surface area contributed by atoms with Crippen LogP contribution in [0.1, 0.15) is 18.1 Å². The van der Waals surface area contributed by atoms with Gasteiger partial charge in [-0.3, -0.25) is 0 Å². The van der Waals surface area contributed by atoms with Gasteiger partial charge in [0, 0.05) is 19.3 Å². The largest absolute Gasteiger partial charge is 0.328 e. The summed E-state index contributed by atoms with van der Waals surface area (Å²) < 4.78 is 0. The fourth-order valence-corrected chi connectivity index (χ4v) is 1.18. The van der Waals surface area contributed by atoms with Gasteiger partial charge in [-0.25, -0.2) is 4.79 Å². The van der Waals surface area contributed by atoms with E-state index in [1.807, 2.05) is 32.0 Å². The molecule has 0 unspecified atom stereocenters. The van der Waals surface area contributed by atoms with Crippen LogP contribution in [0.4, 0.5) is 10.5 Å². The zero-order chi connectivity index (χ0) is 11.4. The lowest BCUT2D eigenvalue weighted by molar-refractivity contribution is 0.224. The highest BCUT2D eigenvalue weighted by Gasteiger charge is 2.06. The van der Waals surface area contributed by atoms with Crippen molar-refractivity contribution in [3.63, 3.8) is 0 Å². The summed E-state index contributed by atoms with van der Waals surface area (Å²) in [5, 5.41) is 2.85. The molecule has 2 amide bonds. The summed E-state index contributed by atoms with van der Waals surface area (Å²) in [6, 6.07) is 5.85. The average molecular weight is 206 g/mol. The Bertz CT molecular complexity index is 361. The predicted molar refractivity (Wildman–Crippen MR) is 63.2 cm³/mol. The van der Waals surface area contributed by atoms with Gasteiger partial charge in [-0.1, -0.05) is 6.07 Å². The maximum absolute atomic E-state index is 11.6. The molecule has 82 valence electrons. The van der Waals surface area contributed by atoms with Crippen molar-refractivity contribution in [2.75, 3.05) is 18.9 Å². The summed E-state index contributed by atoms with van der Waals surface area (Å²) in [6.45, 7) is 6.74. The van der Waals surface area contributed by atoms with Crippen LogP contribution in [0.2, 0.25) is 0 Å². The Hall–Kier alpha value is -1.51. The highest BCUT2D eigenvalue weighted by molar-refractivity contribution is 5.89. The third-order valence-electron chi connectivity index (χ3n) is 2.58. The van der Waals surface area contributed by atoms with Crippen LogP contribution < -0.4 is 5.32 Å². The van der Waals surface area contributed by atoms with Crippen molar-refractivity contribution in [1.29, 1.82) is 0 Å². The van der Waals surface area contributed by atoms with Crippen LogP contribution in [-0.4, -0.2) is 24.5 Å². The predicted octanol–water partition coefficient (Wildman–Crippen LogP) is 2.79. The number of carbonyl (C=O) groups excluding carboxylic acids is 1. The summed E-state index contributed by atoms with van der Waals surface area (Å²) in [5.74, 6) is 0. The fourth-order valence-electron chi connectivity index (χ4n) is 1.18. The van der Waals surface area contributed by atoms with Crippen molar-refractivity contribution in [2.24, 2.45) is 0 Å². The van der Waals surface area contributed by atoms with E-state index in [4.69, 9.17) is 0 Å². The molecule has 0 bridgehead atoms. The number of hydrogen-bond acceptors (Lipinski definition) is 1. The lowest BCUT2D eigenvalue weighted by Crippen LogP contribution is -2.30. The van der Waals surface area contributed by atoms with E-state index in [0.29, 0.717) is 6.54 Å². The molecule has 0 saturated carbocycles. The average Bonchev–Trinajstić information content (AvgIpc) is 2.22. The van der Waals surface area contributed by atoms with E-state index in [9.17, 15) is 4.79 Å². The van der Waals surface area contributed by atoms with E-state index in [-0.39, 0.29) is 6.03 Å². The number of amides is 2. The molecule has 0 saturated heterocycles. The number of urea groups is 1. The third-order valence-corrected chi connectivity index (χ3v) is 2.58. The quantitative estimate of drug-likeness (QED) is 0.792. The van der Waals surface area contributed by atoms with Crippen molar-refractivity contribution in [2.45, 2.75) is 20.8 Å². The van der Waals surface area contributed by atoms with E-state index in [0.717, 1.165) is 5.69 Å². The second-order valence-corrected chi connectivity index (χ2v) is 3.74. The molecule has 0 aliphatic rings. The number of nitrogens with zero attached hydrogens (tertiary/aromatic N) is 1. The molecule has 0 heterocycles. The van der Waals surface area contributed by atoms with Gasteiger partial charge in [-0.15, -0.1) is 0 Å². The molecule has 1 aromatic carbocycles. The van der Waals surface area contributed by atoms with Gasteiger partial charge in [0.2, 0.25) is 0 Å². The van der Waals surface area contributed by atoms with E-state index < -0.39 is 0 Å². The molecule has 0 spiro atoms. The van der Waals surface area contributed by atoms with Gasteiger partial charge in [-0.05, 0) is 44.0 Å². The minimum Gasteiger partial charge on any atom is -0.328 e. The molecule has 0 aliphatic carbocycles. The lowest BCUT2D eigenvalue weighted by atomic mass is 10.1. The Balaban J connectivity index is 2.73. The van der Waals surface area contributed by atoms with Crippen LogP contribution in [0.5, 0.6) is 0 Å². The van der Waals surface area contributed by atoms with Crippen molar-refractivity contribution >= 4 is 11.7 Å². The molecule has 15 heavy (non-hydrogen) atoms. The molecular weight excluding hydrogens is 188 g/mol. The molecule has 3 heteroatoms. The topological polar surface area (TPSA) is 32.3 Å². The van der Waals surface area contributed by atoms with Crippen LogP contribution in [0.25, 0.3) is 0 Å². The molecule has 0 fully saturated rings. The lowest BCUT2D eigenvalue weighted by Gasteiger charge is -2.16. The normalized spacial score (nSPS) is 9.87. The number of hydrogen-bond donors (Lipinski definition) is 1. The second kappa shape index (κ2) is 4.82. The molecule has 1 aromatic rings. The molecule has 3 nitrogen and oxygen atoms in total. The zero-order valence-electron chi connectivity index (χ0n) is 9.79. The number of aryl methyl sites for hydroxylation is 2. The van der Waals surface area contributed by atoms with Gasteiger partial charge < -0.3 is 10.2 Å². The Labute approximate surface area is 91.1 Å². The number of rotatable bonds is 2. The zero-order valence-corrected chi connectivity index (χ0v) is 9.79. The molecule has 0 radical (unpaired) electrons.